The van der Waals surface area contributed by atoms with E-state index >= 15 is 0 Å². The number of non-ortho nitro benzene ring substituents is 1. The van der Waals surface area contributed by atoms with Crippen LogP contribution in [0.4, 0.5) is 10.1 Å². The number of hydrogen-bond acceptors (Lipinski definition) is 4. The third-order valence-corrected chi connectivity index (χ3v) is 4.37. The van der Waals surface area contributed by atoms with Crippen LogP contribution in [-0.2, 0) is 0 Å². The predicted octanol–water partition coefficient (Wildman–Crippen LogP) is 4.11. The zero-order chi connectivity index (χ0) is 20.3. The van der Waals surface area contributed by atoms with Gasteiger partial charge in [0.15, 0.2) is 0 Å². The van der Waals surface area contributed by atoms with Gasteiger partial charge < -0.3 is 5.32 Å². The minimum atomic E-state index is -0.524. The Balaban J connectivity index is 2.14. The highest BCUT2D eigenvalue weighted by molar-refractivity contribution is 5.94. The van der Waals surface area contributed by atoms with E-state index in [4.69, 9.17) is 0 Å². The second kappa shape index (κ2) is 7.99. The number of nitrogens with zero attached hydrogens (tertiary/aromatic N) is 3. The number of carbonyl (C=O) groups is 1. The topological polar surface area (TPSA) is 90.1 Å². The van der Waals surface area contributed by atoms with Crippen molar-refractivity contribution in [3.05, 3.63) is 76.2 Å². The number of rotatable bonds is 6. The summed E-state index contributed by atoms with van der Waals surface area (Å²) < 4.78 is 15.5. The number of benzene rings is 2. The molecular weight excluding hydrogens is 363 g/mol. The van der Waals surface area contributed by atoms with E-state index in [-0.39, 0.29) is 28.7 Å². The summed E-state index contributed by atoms with van der Waals surface area (Å²) >= 11 is 0. The average Bonchev–Trinajstić information content (AvgIpc) is 3.13. The van der Waals surface area contributed by atoms with Gasteiger partial charge in [-0.2, -0.15) is 5.10 Å². The lowest BCUT2D eigenvalue weighted by Gasteiger charge is -2.12. The molecule has 1 N–H and O–H groups in total. The first-order valence-corrected chi connectivity index (χ1v) is 8.81. The number of hydrogen-bond donors (Lipinski definition) is 1. The fourth-order valence-corrected chi connectivity index (χ4v) is 2.68. The van der Waals surface area contributed by atoms with Gasteiger partial charge in [0.05, 0.1) is 16.3 Å². The normalized spacial score (nSPS) is 11.8. The fourth-order valence-electron chi connectivity index (χ4n) is 2.68. The Bertz CT molecular complexity index is 1030. The highest BCUT2D eigenvalue weighted by Gasteiger charge is 2.21. The Morgan fingerprint density at radius 1 is 1.25 bits per heavy atom. The van der Waals surface area contributed by atoms with Crippen LogP contribution < -0.4 is 5.32 Å². The summed E-state index contributed by atoms with van der Waals surface area (Å²) in [6, 6.07) is 13.3. The van der Waals surface area contributed by atoms with E-state index < -0.39 is 16.6 Å². The number of nitro benzene ring substituents is 1. The van der Waals surface area contributed by atoms with E-state index in [1.807, 2.05) is 13.8 Å². The summed E-state index contributed by atoms with van der Waals surface area (Å²) in [6.07, 6.45) is 0.733. The standard InChI is InChI=1S/C20H19FN4O3/c1-3-13(2)22-20(26)19-12-18(16-9-4-5-10-17(16)21)23-24(19)14-7-6-8-15(11-14)25(27)28/h4-13H,3H2,1-2H3,(H,22,26). The van der Waals surface area contributed by atoms with Gasteiger partial charge >= 0.3 is 0 Å². The van der Waals surface area contributed by atoms with E-state index in [2.05, 4.69) is 10.4 Å². The Labute approximate surface area is 161 Å². The molecule has 0 aliphatic heterocycles. The molecule has 3 rings (SSSR count). The van der Waals surface area contributed by atoms with E-state index in [1.54, 1.807) is 24.3 Å². The SMILES string of the molecule is CCC(C)NC(=O)c1cc(-c2ccccc2F)nn1-c1cccc([N+](=O)[O-])c1. The molecule has 1 atom stereocenters. The van der Waals surface area contributed by atoms with Crippen LogP contribution in [0.3, 0.4) is 0 Å². The molecule has 0 fully saturated rings. The molecule has 8 heteroatoms. The van der Waals surface area contributed by atoms with Crippen LogP contribution >= 0.6 is 0 Å². The molecule has 28 heavy (non-hydrogen) atoms. The largest absolute Gasteiger partial charge is 0.348 e. The molecule has 1 heterocycles. The zero-order valence-electron chi connectivity index (χ0n) is 15.4. The van der Waals surface area contributed by atoms with Gasteiger partial charge in [0.25, 0.3) is 11.6 Å². The molecule has 0 saturated heterocycles. The minimum absolute atomic E-state index is 0.0714. The molecule has 0 aliphatic rings. The smallest absolute Gasteiger partial charge is 0.271 e. The number of nitro groups is 1. The molecule has 3 aromatic rings. The number of carbonyl (C=O) groups excluding carboxylic acids is 1. The number of amides is 1. The third-order valence-electron chi connectivity index (χ3n) is 4.37. The van der Waals surface area contributed by atoms with Crippen molar-refractivity contribution in [3.8, 4) is 16.9 Å². The van der Waals surface area contributed by atoms with Crippen LogP contribution in [-0.4, -0.2) is 26.7 Å². The molecule has 0 spiro atoms. The molecule has 144 valence electrons. The second-order valence-electron chi connectivity index (χ2n) is 6.37. The summed E-state index contributed by atoms with van der Waals surface area (Å²) in [6.45, 7) is 3.80. The van der Waals surface area contributed by atoms with E-state index in [0.29, 0.717) is 5.69 Å². The lowest BCUT2D eigenvalue weighted by atomic mass is 10.1. The van der Waals surface area contributed by atoms with Crippen LogP contribution in [0, 0.1) is 15.9 Å². The Hall–Kier alpha value is -3.55. The summed E-state index contributed by atoms with van der Waals surface area (Å²) in [5, 5.41) is 18.3. The Morgan fingerprint density at radius 3 is 2.68 bits per heavy atom. The Kier molecular flexibility index (Phi) is 5.49. The second-order valence-corrected chi connectivity index (χ2v) is 6.37. The predicted molar refractivity (Wildman–Crippen MR) is 103 cm³/mol. The minimum Gasteiger partial charge on any atom is -0.348 e. The van der Waals surface area contributed by atoms with Gasteiger partial charge in [-0.05, 0) is 37.6 Å². The van der Waals surface area contributed by atoms with Gasteiger partial charge in [-0.3, -0.25) is 14.9 Å². The van der Waals surface area contributed by atoms with Crippen LogP contribution in [0.5, 0.6) is 0 Å². The van der Waals surface area contributed by atoms with Crippen LogP contribution in [0.2, 0.25) is 0 Å². The van der Waals surface area contributed by atoms with E-state index in [9.17, 15) is 19.3 Å². The van der Waals surface area contributed by atoms with Gasteiger partial charge in [0, 0.05) is 23.7 Å². The number of nitrogens with one attached hydrogen (secondary N) is 1. The maximum absolute atomic E-state index is 14.2. The van der Waals surface area contributed by atoms with E-state index in [0.717, 1.165) is 6.42 Å². The molecule has 2 aromatic carbocycles. The number of aromatic nitrogens is 2. The van der Waals surface area contributed by atoms with Crippen molar-refractivity contribution in [2.24, 2.45) is 0 Å². The van der Waals surface area contributed by atoms with Crippen LogP contribution in [0.1, 0.15) is 30.8 Å². The van der Waals surface area contributed by atoms with Crippen molar-refractivity contribution >= 4 is 11.6 Å². The van der Waals surface area contributed by atoms with Crippen molar-refractivity contribution in [3.63, 3.8) is 0 Å². The summed E-state index contributed by atoms with van der Waals surface area (Å²) in [5.74, 6) is -0.865. The summed E-state index contributed by atoms with van der Waals surface area (Å²) in [4.78, 5) is 23.3. The maximum Gasteiger partial charge on any atom is 0.271 e. The molecule has 7 nitrogen and oxygen atoms in total. The van der Waals surface area contributed by atoms with Crippen molar-refractivity contribution in [1.29, 1.82) is 0 Å². The molecule has 0 radical (unpaired) electrons. The van der Waals surface area contributed by atoms with Gasteiger partial charge in [0.2, 0.25) is 0 Å². The first kappa shape index (κ1) is 19.2. The lowest BCUT2D eigenvalue weighted by molar-refractivity contribution is -0.384. The Morgan fingerprint density at radius 2 is 2.00 bits per heavy atom. The van der Waals surface area contributed by atoms with Gasteiger partial charge in [0.1, 0.15) is 11.5 Å². The highest BCUT2D eigenvalue weighted by atomic mass is 19.1. The molecular formula is C20H19FN4O3. The zero-order valence-corrected chi connectivity index (χ0v) is 15.4. The first-order chi connectivity index (χ1) is 13.4. The third kappa shape index (κ3) is 3.90. The lowest BCUT2D eigenvalue weighted by Crippen LogP contribution is -2.33. The average molecular weight is 382 g/mol. The molecule has 1 unspecified atom stereocenters. The fraction of sp³-hybridized carbons (Fsp3) is 0.200. The van der Waals surface area contributed by atoms with E-state index in [1.165, 1.54) is 35.0 Å². The van der Waals surface area contributed by atoms with Gasteiger partial charge in [-0.25, -0.2) is 9.07 Å². The molecule has 0 aliphatic carbocycles. The first-order valence-electron chi connectivity index (χ1n) is 8.81. The van der Waals surface area contributed by atoms with Crippen molar-refractivity contribution in [2.75, 3.05) is 0 Å². The van der Waals surface area contributed by atoms with Gasteiger partial charge in [-0.1, -0.05) is 25.1 Å². The summed E-state index contributed by atoms with van der Waals surface area (Å²) in [7, 11) is 0. The van der Waals surface area contributed by atoms with Crippen molar-refractivity contribution in [1.82, 2.24) is 15.1 Å². The maximum atomic E-state index is 14.2. The van der Waals surface area contributed by atoms with Crippen LogP contribution in [0.25, 0.3) is 16.9 Å². The number of halogens is 1. The molecule has 0 bridgehead atoms. The van der Waals surface area contributed by atoms with Crippen molar-refractivity contribution in [2.45, 2.75) is 26.3 Å². The quantitative estimate of drug-likeness (QED) is 0.513. The molecule has 0 saturated carbocycles. The summed E-state index contributed by atoms with van der Waals surface area (Å²) in [5.41, 5.74) is 0.877. The van der Waals surface area contributed by atoms with Gasteiger partial charge in [-0.15, -0.1) is 0 Å². The molecule has 1 aromatic heterocycles. The molecule has 1 amide bonds. The van der Waals surface area contributed by atoms with Crippen LogP contribution in [0.15, 0.2) is 54.6 Å². The highest BCUT2D eigenvalue weighted by Crippen LogP contribution is 2.25. The monoisotopic (exact) mass is 382 g/mol. The van der Waals surface area contributed by atoms with Crippen molar-refractivity contribution < 1.29 is 14.1 Å².